The van der Waals surface area contributed by atoms with Gasteiger partial charge in [0.25, 0.3) is 0 Å². The van der Waals surface area contributed by atoms with Crippen molar-refractivity contribution in [3.8, 4) is 0 Å². The molecule has 2 amide bonds. The van der Waals surface area contributed by atoms with E-state index in [1.165, 1.54) is 24.6 Å². The average molecular weight is 551 g/mol. The van der Waals surface area contributed by atoms with Gasteiger partial charge in [0.05, 0.1) is 12.0 Å². The van der Waals surface area contributed by atoms with Crippen LogP contribution in [-0.4, -0.2) is 52.7 Å². The lowest BCUT2D eigenvalue weighted by Gasteiger charge is -2.21. The average Bonchev–Trinajstić information content (AvgIpc) is 2.84. The molecule has 0 saturated carbocycles. The van der Waals surface area contributed by atoms with E-state index in [9.17, 15) is 29.1 Å². The van der Waals surface area contributed by atoms with E-state index < -0.39 is 17.9 Å². The molecule has 1 aromatic rings. The molecule has 2 N–H and O–H groups in total. The summed E-state index contributed by atoms with van der Waals surface area (Å²) in [6, 6.07) is 4.84. The number of nitrogens with one attached hydrogen (secondary N) is 2. The van der Waals surface area contributed by atoms with Gasteiger partial charge in [-0.3, -0.25) is 14.4 Å². The SMILES string of the molecule is CC(=O)CC/C(C(=O)N[C@@H](CC(C)C)C(=O)CCCNC(=O)CCSSc1ccccn1)=C(\C)C(=O)[O-]. The molecule has 37 heavy (non-hydrogen) atoms. The lowest BCUT2D eigenvalue weighted by molar-refractivity contribution is -0.299. The smallest absolute Gasteiger partial charge is 0.248 e. The first kappa shape index (κ1) is 32.4. The van der Waals surface area contributed by atoms with Crippen LogP contribution in [0.3, 0.4) is 0 Å². The number of aromatic nitrogens is 1. The fourth-order valence-corrected chi connectivity index (χ4v) is 5.14. The second kappa shape index (κ2) is 17.7. The van der Waals surface area contributed by atoms with Crippen LogP contribution in [0.2, 0.25) is 0 Å². The van der Waals surface area contributed by atoms with Crippen molar-refractivity contribution in [2.24, 2.45) is 5.92 Å². The third-order valence-electron chi connectivity index (χ3n) is 5.28. The van der Waals surface area contributed by atoms with Gasteiger partial charge in [0.1, 0.15) is 10.8 Å². The molecule has 0 fully saturated rings. The van der Waals surface area contributed by atoms with E-state index in [2.05, 4.69) is 15.6 Å². The number of carbonyl (C=O) groups is 5. The van der Waals surface area contributed by atoms with Gasteiger partial charge in [0.2, 0.25) is 11.8 Å². The number of carboxylic acids is 1. The Labute approximate surface area is 226 Å². The molecule has 1 aromatic heterocycles. The molecule has 0 bridgehead atoms. The molecule has 0 saturated heterocycles. The van der Waals surface area contributed by atoms with Crippen molar-refractivity contribution in [1.82, 2.24) is 15.6 Å². The van der Waals surface area contributed by atoms with Crippen LogP contribution in [-0.2, 0) is 24.0 Å². The lowest BCUT2D eigenvalue weighted by Crippen LogP contribution is -2.43. The van der Waals surface area contributed by atoms with E-state index in [1.807, 2.05) is 32.0 Å². The number of carboxylic acid groups (broad SMARTS) is 1. The number of hydrogen-bond acceptors (Lipinski definition) is 9. The Balaban J connectivity index is 2.54. The maximum Gasteiger partial charge on any atom is 0.248 e. The third kappa shape index (κ3) is 14.0. The van der Waals surface area contributed by atoms with Crippen LogP contribution < -0.4 is 15.7 Å². The number of nitrogens with zero attached hydrogens (tertiary/aromatic N) is 1. The molecule has 11 heteroatoms. The molecule has 9 nitrogen and oxygen atoms in total. The quantitative estimate of drug-likeness (QED) is 0.160. The fourth-order valence-electron chi connectivity index (χ4n) is 3.27. The molecule has 0 aliphatic heterocycles. The second-order valence-electron chi connectivity index (χ2n) is 8.99. The van der Waals surface area contributed by atoms with Crippen LogP contribution in [0.4, 0.5) is 0 Å². The molecule has 0 aromatic carbocycles. The van der Waals surface area contributed by atoms with Crippen LogP contribution in [0.25, 0.3) is 0 Å². The molecule has 0 unspecified atom stereocenters. The second-order valence-corrected chi connectivity index (χ2v) is 11.4. The summed E-state index contributed by atoms with van der Waals surface area (Å²) in [7, 11) is 3.05. The Hall–Kier alpha value is -2.66. The Morgan fingerprint density at radius 2 is 1.76 bits per heavy atom. The number of ketones is 2. The largest absolute Gasteiger partial charge is 0.545 e. The summed E-state index contributed by atoms with van der Waals surface area (Å²) in [5.41, 5.74) is -0.322. The minimum absolute atomic E-state index is 0.0101. The molecule has 204 valence electrons. The van der Waals surface area contributed by atoms with Crippen molar-refractivity contribution in [3.63, 3.8) is 0 Å². The van der Waals surface area contributed by atoms with Crippen LogP contribution in [0.5, 0.6) is 0 Å². The van der Waals surface area contributed by atoms with Crippen LogP contribution >= 0.6 is 21.6 Å². The highest BCUT2D eigenvalue weighted by atomic mass is 33.1. The number of hydrogen-bond donors (Lipinski definition) is 2. The van der Waals surface area contributed by atoms with Gasteiger partial charge in [0.15, 0.2) is 5.78 Å². The summed E-state index contributed by atoms with van der Waals surface area (Å²) in [6.07, 6.45) is 2.96. The number of rotatable bonds is 18. The molecule has 1 heterocycles. The highest BCUT2D eigenvalue weighted by Gasteiger charge is 2.24. The van der Waals surface area contributed by atoms with Gasteiger partial charge in [-0.05, 0) is 67.5 Å². The van der Waals surface area contributed by atoms with Gasteiger partial charge in [-0.2, -0.15) is 0 Å². The van der Waals surface area contributed by atoms with E-state index in [1.54, 1.807) is 17.0 Å². The van der Waals surface area contributed by atoms with Gasteiger partial charge >= 0.3 is 0 Å². The lowest BCUT2D eigenvalue weighted by atomic mass is 9.96. The highest BCUT2D eigenvalue weighted by molar-refractivity contribution is 8.76. The number of carbonyl (C=O) groups excluding carboxylic acids is 5. The maximum absolute atomic E-state index is 12.9. The van der Waals surface area contributed by atoms with Crippen molar-refractivity contribution in [1.29, 1.82) is 0 Å². The maximum atomic E-state index is 12.9. The monoisotopic (exact) mass is 550 g/mol. The molecular formula is C26H36N3O6S2-. The zero-order chi connectivity index (χ0) is 27.8. The van der Waals surface area contributed by atoms with Gasteiger partial charge in [-0.25, -0.2) is 4.98 Å². The zero-order valence-corrected chi connectivity index (χ0v) is 23.5. The van der Waals surface area contributed by atoms with Crippen molar-refractivity contribution < 1.29 is 29.1 Å². The molecule has 1 atom stereocenters. The van der Waals surface area contributed by atoms with Crippen molar-refractivity contribution in [2.75, 3.05) is 12.3 Å². The number of pyridine rings is 1. The zero-order valence-electron chi connectivity index (χ0n) is 21.8. The summed E-state index contributed by atoms with van der Waals surface area (Å²) >= 11 is 0. The van der Waals surface area contributed by atoms with E-state index in [0.29, 0.717) is 31.6 Å². The van der Waals surface area contributed by atoms with Crippen molar-refractivity contribution >= 4 is 50.9 Å². The summed E-state index contributed by atoms with van der Waals surface area (Å²) in [4.78, 5) is 64.6. The minimum atomic E-state index is -1.50. The van der Waals surface area contributed by atoms with Gasteiger partial charge < -0.3 is 25.3 Å². The molecule has 0 spiro atoms. The van der Waals surface area contributed by atoms with Gasteiger partial charge in [-0.1, -0.05) is 30.7 Å². The van der Waals surface area contributed by atoms with Crippen molar-refractivity contribution in [3.05, 3.63) is 35.5 Å². The normalized spacial score (nSPS) is 12.5. The summed E-state index contributed by atoms with van der Waals surface area (Å²) in [5.74, 6) is -1.94. The van der Waals surface area contributed by atoms with Crippen LogP contribution in [0, 0.1) is 5.92 Å². The minimum Gasteiger partial charge on any atom is -0.545 e. The molecule has 1 rings (SSSR count). The van der Waals surface area contributed by atoms with E-state index in [0.717, 1.165) is 5.03 Å². The number of aliphatic carboxylic acids is 1. The van der Waals surface area contributed by atoms with Gasteiger partial charge in [-0.15, -0.1) is 0 Å². The van der Waals surface area contributed by atoms with E-state index in [-0.39, 0.29) is 53.8 Å². The number of Topliss-reactive ketones (excluding diaryl/α,β-unsaturated/α-hetero) is 2. The van der Waals surface area contributed by atoms with Crippen LogP contribution in [0.15, 0.2) is 40.6 Å². The first-order valence-electron chi connectivity index (χ1n) is 12.2. The summed E-state index contributed by atoms with van der Waals surface area (Å²) < 4.78 is 0. The molecule has 0 aliphatic rings. The van der Waals surface area contributed by atoms with E-state index in [4.69, 9.17) is 0 Å². The predicted molar refractivity (Wildman–Crippen MR) is 143 cm³/mol. The molecular weight excluding hydrogens is 514 g/mol. The topological polar surface area (TPSA) is 145 Å². The Kier molecular flexibility index (Phi) is 15.5. The first-order chi connectivity index (χ1) is 17.5. The Bertz CT molecular complexity index is 966. The van der Waals surface area contributed by atoms with Crippen LogP contribution in [0.1, 0.15) is 66.2 Å². The molecule has 0 aliphatic carbocycles. The highest BCUT2D eigenvalue weighted by Crippen LogP contribution is 2.29. The first-order valence-corrected chi connectivity index (χ1v) is 14.5. The fraction of sp³-hybridized carbons (Fsp3) is 0.538. The molecule has 0 radical (unpaired) electrons. The standard InChI is InChI=1S/C26H37N3O6S2/c1-17(2)16-21(29-25(33)20(11-10-18(3)30)19(4)26(34)35)22(31)8-7-14-27-23(32)12-15-36-37-24-9-5-6-13-28-24/h5-6,9,13,17,21H,7-8,10-12,14-16H2,1-4H3,(H,27,32)(H,29,33)(H,34,35)/p-1/b20-19-/t21-/m0/s1. The Morgan fingerprint density at radius 3 is 2.35 bits per heavy atom. The third-order valence-corrected chi connectivity index (χ3v) is 7.54. The van der Waals surface area contributed by atoms with Crippen molar-refractivity contribution in [2.45, 2.75) is 77.3 Å². The summed E-state index contributed by atoms with van der Waals surface area (Å²) in [6.45, 7) is 6.76. The number of amides is 2. The summed E-state index contributed by atoms with van der Waals surface area (Å²) in [5, 5.41) is 17.7. The Morgan fingerprint density at radius 1 is 1.03 bits per heavy atom. The predicted octanol–water partition coefficient (Wildman–Crippen LogP) is 2.64. The van der Waals surface area contributed by atoms with E-state index >= 15 is 0 Å². The van der Waals surface area contributed by atoms with Gasteiger partial charge in [0, 0.05) is 43.3 Å².